The second-order valence-corrected chi connectivity index (χ2v) is 15.9. The molecule has 3 atom stereocenters. The molecule has 0 aliphatic carbocycles. The standard InChI is InChI=1S/C51H89NO5/c1-4-7-10-13-16-19-21-23-24-25-26-28-30-32-35-38-41-44-51(56)57-47(42-39-36-33-18-15-12-9-6-3)45-50(55)52-48(46-53)49(54)43-40-37-34-31-29-27-22-20-17-14-11-8-5-2/h7,10,13,16,19,21,23-26,28,30,47-49,53-54H,4-6,8-9,11-12,14-15,17-18,20,22,27,29,31-46H2,1-3H3,(H,52,55)/b10-7-,16-13+,21-19+,24-23-,26-25+,30-28+. The van der Waals surface area contributed by atoms with Crippen LogP contribution in [0.5, 0.6) is 0 Å². The van der Waals surface area contributed by atoms with E-state index in [4.69, 9.17) is 4.74 Å². The molecular formula is C51H89NO5. The fourth-order valence-corrected chi connectivity index (χ4v) is 6.87. The van der Waals surface area contributed by atoms with Gasteiger partial charge in [-0.15, -0.1) is 0 Å². The lowest BCUT2D eigenvalue weighted by Gasteiger charge is -2.24. The molecular weight excluding hydrogens is 707 g/mol. The quantitative estimate of drug-likeness (QED) is 0.0325. The highest BCUT2D eigenvalue weighted by Gasteiger charge is 2.24. The maximum Gasteiger partial charge on any atom is 0.306 e. The summed E-state index contributed by atoms with van der Waals surface area (Å²) in [5, 5.41) is 23.6. The van der Waals surface area contributed by atoms with Crippen molar-refractivity contribution in [1.82, 2.24) is 5.32 Å². The Hall–Kier alpha value is -2.70. The summed E-state index contributed by atoms with van der Waals surface area (Å²) in [4.78, 5) is 26.0. The van der Waals surface area contributed by atoms with Gasteiger partial charge < -0.3 is 20.3 Å². The molecule has 328 valence electrons. The predicted octanol–water partition coefficient (Wildman–Crippen LogP) is 13.8. The average Bonchev–Trinajstić information content (AvgIpc) is 3.20. The Kier molecular flexibility index (Phi) is 42.3. The zero-order valence-corrected chi connectivity index (χ0v) is 37.2. The van der Waals surface area contributed by atoms with E-state index in [0.29, 0.717) is 19.3 Å². The van der Waals surface area contributed by atoms with E-state index in [1.807, 2.05) is 54.7 Å². The molecule has 0 fully saturated rings. The Balaban J connectivity index is 4.56. The van der Waals surface area contributed by atoms with Crippen molar-refractivity contribution in [3.05, 3.63) is 72.9 Å². The third kappa shape index (κ3) is 39.9. The summed E-state index contributed by atoms with van der Waals surface area (Å²) in [5.41, 5.74) is 0. The van der Waals surface area contributed by atoms with Gasteiger partial charge in [0.25, 0.3) is 0 Å². The zero-order valence-electron chi connectivity index (χ0n) is 37.2. The van der Waals surface area contributed by atoms with Gasteiger partial charge in [0, 0.05) is 6.42 Å². The maximum absolute atomic E-state index is 13.1. The third-order valence-electron chi connectivity index (χ3n) is 10.5. The summed E-state index contributed by atoms with van der Waals surface area (Å²) in [6, 6.07) is -0.710. The number of nitrogens with one attached hydrogen (secondary N) is 1. The molecule has 3 N–H and O–H groups in total. The summed E-state index contributed by atoms with van der Waals surface area (Å²) in [5.74, 6) is -0.531. The molecule has 0 bridgehead atoms. The van der Waals surface area contributed by atoms with Crippen molar-refractivity contribution in [3.8, 4) is 0 Å². The van der Waals surface area contributed by atoms with Gasteiger partial charge in [0.1, 0.15) is 6.10 Å². The molecule has 0 saturated heterocycles. The number of amides is 1. The molecule has 0 aromatic rings. The van der Waals surface area contributed by atoms with Crippen LogP contribution in [0.3, 0.4) is 0 Å². The Labute approximate surface area is 351 Å². The van der Waals surface area contributed by atoms with Crippen LogP contribution in [-0.2, 0) is 14.3 Å². The molecule has 57 heavy (non-hydrogen) atoms. The maximum atomic E-state index is 13.1. The largest absolute Gasteiger partial charge is 0.462 e. The summed E-state index contributed by atoms with van der Waals surface area (Å²) in [6.45, 7) is 6.29. The summed E-state index contributed by atoms with van der Waals surface area (Å²) < 4.78 is 5.87. The van der Waals surface area contributed by atoms with Gasteiger partial charge in [0.15, 0.2) is 0 Å². The molecule has 6 nitrogen and oxygen atoms in total. The van der Waals surface area contributed by atoms with Crippen LogP contribution >= 0.6 is 0 Å². The third-order valence-corrected chi connectivity index (χ3v) is 10.5. The lowest BCUT2D eigenvalue weighted by atomic mass is 10.0. The van der Waals surface area contributed by atoms with Crippen LogP contribution in [0.2, 0.25) is 0 Å². The number of aliphatic hydroxyl groups is 2. The molecule has 0 rings (SSSR count). The Morgan fingerprint density at radius 1 is 0.526 bits per heavy atom. The van der Waals surface area contributed by atoms with Gasteiger partial charge in [-0.25, -0.2) is 0 Å². The topological polar surface area (TPSA) is 95.9 Å². The monoisotopic (exact) mass is 796 g/mol. The molecule has 0 radical (unpaired) electrons. The smallest absolute Gasteiger partial charge is 0.306 e. The predicted molar refractivity (Wildman–Crippen MR) is 245 cm³/mol. The number of unbranched alkanes of at least 4 members (excludes halogenated alkanes) is 22. The number of ether oxygens (including phenoxy) is 1. The second kappa shape index (κ2) is 44.4. The summed E-state index contributed by atoms with van der Waals surface area (Å²) in [6.07, 6.45) is 55.3. The Morgan fingerprint density at radius 3 is 1.42 bits per heavy atom. The normalized spacial score (nSPS) is 14.0. The number of esters is 1. The van der Waals surface area contributed by atoms with Crippen LogP contribution in [0, 0.1) is 0 Å². The van der Waals surface area contributed by atoms with Crippen molar-refractivity contribution in [3.63, 3.8) is 0 Å². The first-order chi connectivity index (χ1) is 28.0. The van der Waals surface area contributed by atoms with Gasteiger partial charge >= 0.3 is 5.97 Å². The minimum atomic E-state index is -0.795. The van der Waals surface area contributed by atoms with Crippen LogP contribution in [0.15, 0.2) is 72.9 Å². The van der Waals surface area contributed by atoms with Gasteiger partial charge in [-0.05, 0) is 44.9 Å². The fourth-order valence-electron chi connectivity index (χ4n) is 6.87. The summed E-state index contributed by atoms with van der Waals surface area (Å²) >= 11 is 0. The molecule has 0 aromatic heterocycles. The number of carbonyl (C=O) groups excluding carboxylic acids is 2. The Bertz CT molecular complexity index is 1070. The molecule has 0 aromatic carbocycles. The van der Waals surface area contributed by atoms with Crippen molar-refractivity contribution in [2.75, 3.05) is 6.61 Å². The van der Waals surface area contributed by atoms with Crippen LogP contribution in [0.4, 0.5) is 0 Å². The van der Waals surface area contributed by atoms with Gasteiger partial charge in [0.2, 0.25) is 5.91 Å². The van der Waals surface area contributed by atoms with Gasteiger partial charge in [-0.2, -0.15) is 0 Å². The first-order valence-electron chi connectivity index (χ1n) is 23.7. The van der Waals surface area contributed by atoms with Crippen LogP contribution in [0.25, 0.3) is 0 Å². The zero-order chi connectivity index (χ0) is 41.7. The number of allylic oxidation sites excluding steroid dienone is 12. The number of aliphatic hydroxyl groups excluding tert-OH is 2. The van der Waals surface area contributed by atoms with E-state index in [-0.39, 0.29) is 24.9 Å². The molecule has 0 aliphatic heterocycles. The average molecular weight is 796 g/mol. The van der Waals surface area contributed by atoms with Crippen molar-refractivity contribution in [2.45, 2.75) is 232 Å². The SMILES string of the molecule is CC\C=C/C=C/C=C/C=C\C=C\C=C\CCCCCC(=O)OC(CCCCCCCCCC)CC(=O)NC(CO)C(O)CCCCCCCCCCCCCCC. The molecule has 0 aliphatic rings. The first kappa shape index (κ1) is 54.3. The molecule has 0 spiro atoms. The lowest BCUT2D eigenvalue weighted by molar-refractivity contribution is -0.151. The van der Waals surface area contributed by atoms with E-state index >= 15 is 0 Å². The van der Waals surface area contributed by atoms with Gasteiger partial charge in [0.05, 0.1) is 25.2 Å². The second-order valence-electron chi connectivity index (χ2n) is 15.9. The van der Waals surface area contributed by atoms with Gasteiger partial charge in [-0.1, -0.05) is 229 Å². The van der Waals surface area contributed by atoms with E-state index < -0.39 is 18.2 Å². The van der Waals surface area contributed by atoms with E-state index in [0.717, 1.165) is 70.6 Å². The van der Waals surface area contributed by atoms with E-state index in [2.05, 4.69) is 44.3 Å². The summed E-state index contributed by atoms with van der Waals surface area (Å²) in [7, 11) is 0. The van der Waals surface area contributed by atoms with Crippen LogP contribution in [-0.4, -0.2) is 46.9 Å². The van der Waals surface area contributed by atoms with Crippen molar-refractivity contribution < 1.29 is 24.5 Å². The van der Waals surface area contributed by atoms with E-state index in [9.17, 15) is 19.8 Å². The van der Waals surface area contributed by atoms with Gasteiger partial charge in [-0.3, -0.25) is 9.59 Å². The minimum absolute atomic E-state index is 0.0572. The highest BCUT2D eigenvalue weighted by Crippen LogP contribution is 2.17. The highest BCUT2D eigenvalue weighted by atomic mass is 16.5. The number of rotatable bonds is 41. The lowest BCUT2D eigenvalue weighted by Crippen LogP contribution is -2.46. The number of carbonyl (C=O) groups is 2. The number of hydrogen-bond donors (Lipinski definition) is 3. The Morgan fingerprint density at radius 2 is 0.947 bits per heavy atom. The van der Waals surface area contributed by atoms with Crippen LogP contribution < -0.4 is 5.32 Å². The van der Waals surface area contributed by atoms with Crippen LogP contribution in [0.1, 0.15) is 213 Å². The highest BCUT2D eigenvalue weighted by molar-refractivity contribution is 5.77. The molecule has 3 unspecified atom stereocenters. The molecule has 0 heterocycles. The fraction of sp³-hybridized carbons (Fsp3) is 0.725. The van der Waals surface area contributed by atoms with E-state index in [1.54, 1.807) is 0 Å². The molecule has 0 saturated carbocycles. The van der Waals surface area contributed by atoms with Crippen molar-refractivity contribution in [2.24, 2.45) is 0 Å². The van der Waals surface area contributed by atoms with Crippen molar-refractivity contribution in [1.29, 1.82) is 0 Å². The van der Waals surface area contributed by atoms with Crippen molar-refractivity contribution >= 4 is 11.9 Å². The minimum Gasteiger partial charge on any atom is -0.462 e. The molecule has 6 heteroatoms. The first-order valence-corrected chi connectivity index (χ1v) is 23.7. The number of hydrogen-bond acceptors (Lipinski definition) is 5. The van der Waals surface area contributed by atoms with E-state index in [1.165, 1.54) is 96.3 Å². The molecule has 1 amide bonds.